The molecule has 100 valence electrons. The Bertz CT molecular complexity index is 538. The van der Waals surface area contributed by atoms with Crippen LogP contribution in [-0.4, -0.2) is 14.2 Å². The second-order valence-electron chi connectivity index (χ2n) is 4.05. The number of ether oxygens (including phenoxy) is 3. The summed E-state index contributed by atoms with van der Waals surface area (Å²) < 4.78 is 16.1. The van der Waals surface area contributed by atoms with Gasteiger partial charge in [0.1, 0.15) is 12.4 Å². The summed E-state index contributed by atoms with van der Waals surface area (Å²) in [6.45, 7) is 0.448. The third kappa shape index (κ3) is 3.31. The number of anilines is 1. The van der Waals surface area contributed by atoms with Gasteiger partial charge in [0.15, 0.2) is 11.5 Å². The van der Waals surface area contributed by atoms with Gasteiger partial charge in [0.25, 0.3) is 0 Å². The summed E-state index contributed by atoms with van der Waals surface area (Å²) >= 11 is 0. The fourth-order valence-electron chi connectivity index (χ4n) is 1.69. The molecule has 19 heavy (non-hydrogen) atoms. The van der Waals surface area contributed by atoms with Crippen LogP contribution in [0.15, 0.2) is 42.5 Å². The first kappa shape index (κ1) is 13.1. The molecule has 0 spiro atoms. The maximum absolute atomic E-state index is 5.74. The summed E-state index contributed by atoms with van der Waals surface area (Å²) in [5, 5.41) is 0. The molecular weight excluding hydrogens is 242 g/mol. The first-order valence-electron chi connectivity index (χ1n) is 5.92. The highest BCUT2D eigenvalue weighted by Gasteiger charge is 2.05. The maximum atomic E-state index is 5.74. The van der Waals surface area contributed by atoms with Crippen molar-refractivity contribution in [3.8, 4) is 17.2 Å². The highest BCUT2D eigenvalue weighted by atomic mass is 16.5. The molecule has 2 aromatic rings. The Balaban J connectivity index is 2.07. The molecule has 0 radical (unpaired) electrons. The fourth-order valence-corrected chi connectivity index (χ4v) is 1.69. The summed E-state index contributed by atoms with van der Waals surface area (Å²) in [6.07, 6.45) is 0. The lowest BCUT2D eigenvalue weighted by atomic mass is 10.2. The molecule has 0 unspecified atom stereocenters. The first-order valence-corrected chi connectivity index (χ1v) is 5.92. The van der Waals surface area contributed by atoms with E-state index in [1.54, 1.807) is 32.4 Å². The topological polar surface area (TPSA) is 53.7 Å². The molecule has 0 bridgehead atoms. The Morgan fingerprint density at radius 3 is 2.26 bits per heavy atom. The Labute approximate surface area is 112 Å². The Morgan fingerprint density at radius 2 is 1.63 bits per heavy atom. The summed E-state index contributed by atoms with van der Waals surface area (Å²) in [5.74, 6) is 2.13. The lowest BCUT2D eigenvalue weighted by Crippen LogP contribution is -1.98. The Hall–Kier alpha value is -2.36. The van der Waals surface area contributed by atoms with E-state index in [2.05, 4.69) is 0 Å². The summed E-state index contributed by atoms with van der Waals surface area (Å²) in [7, 11) is 3.24. The molecule has 0 atom stereocenters. The minimum absolute atomic E-state index is 0.448. The Morgan fingerprint density at radius 1 is 0.895 bits per heavy atom. The zero-order chi connectivity index (χ0) is 13.7. The molecule has 0 aliphatic heterocycles. The zero-order valence-corrected chi connectivity index (χ0v) is 11.1. The lowest BCUT2D eigenvalue weighted by molar-refractivity contribution is 0.284. The van der Waals surface area contributed by atoms with Crippen LogP contribution in [0.3, 0.4) is 0 Å². The average molecular weight is 259 g/mol. The Kier molecular flexibility index (Phi) is 4.13. The smallest absolute Gasteiger partial charge is 0.163 e. The van der Waals surface area contributed by atoms with Crippen LogP contribution in [-0.2, 0) is 6.61 Å². The van der Waals surface area contributed by atoms with E-state index in [1.165, 1.54) is 0 Å². The van der Waals surface area contributed by atoms with Crippen LogP contribution >= 0.6 is 0 Å². The second kappa shape index (κ2) is 6.00. The quantitative estimate of drug-likeness (QED) is 0.839. The van der Waals surface area contributed by atoms with E-state index in [0.717, 1.165) is 11.3 Å². The van der Waals surface area contributed by atoms with Crippen molar-refractivity contribution in [3.05, 3.63) is 48.0 Å². The van der Waals surface area contributed by atoms with Gasteiger partial charge in [-0.1, -0.05) is 12.1 Å². The van der Waals surface area contributed by atoms with Crippen molar-refractivity contribution in [2.75, 3.05) is 20.0 Å². The van der Waals surface area contributed by atoms with Gasteiger partial charge in [-0.25, -0.2) is 0 Å². The van der Waals surface area contributed by atoms with Gasteiger partial charge in [-0.3, -0.25) is 0 Å². The van der Waals surface area contributed by atoms with Crippen molar-refractivity contribution in [1.29, 1.82) is 0 Å². The molecule has 4 nitrogen and oxygen atoms in total. The van der Waals surface area contributed by atoms with Gasteiger partial charge in [0, 0.05) is 11.8 Å². The van der Waals surface area contributed by atoms with Crippen LogP contribution in [0.2, 0.25) is 0 Å². The van der Waals surface area contributed by atoms with Crippen molar-refractivity contribution < 1.29 is 14.2 Å². The molecule has 0 aliphatic carbocycles. The normalized spacial score (nSPS) is 10.0. The zero-order valence-electron chi connectivity index (χ0n) is 11.1. The predicted molar refractivity (Wildman–Crippen MR) is 74.7 cm³/mol. The molecule has 0 aromatic heterocycles. The number of nitrogen functional groups attached to an aromatic ring is 1. The third-order valence-electron chi connectivity index (χ3n) is 2.74. The van der Waals surface area contributed by atoms with Crippen molar-refractivity contribution in [2.24, 2.45) is 0 Å². The minimum atomic E-state index is 0.448. The number of hydrogen-bond acceptors (Lipinski definition) is 4. The third-order valence-corrected chi connectivity index (χ3v) is 2.74. The van der Waals surface area contributed by atoms with Crippen LogP contribution in [0.1, 0.15) is 5.56 Å². The van der Waals surface area contributed by atoms with E-state index < -0.39 is 0 Å². The van der Waals surface area contributed by atoms with E-state index in [1.807, 2.05) is 24.3 Å². The van der Waals surface area contributed by atoms with Crippen LogP contribution in [0.25, 0.3) is 0 Å². The summed E-state index contributed by atoms with van der Waals surface area (Å²) in [6, 6.07) is 13.0. The van der Waals surface area contributed by atoms with E-state index in [0.29, 0.717) is 23.8 Å². The highest BCUT2D eigenvalue weighted by molar-refractivity contribution is 5.52. The molecular formula is C15H17NO3. The molecule has 0 saturated carbocycles. The van der Waals surface area contributed by atoms with E-state index in [-0.39, 0.29) is 0 Å². The maximum Gasteiger partial charge on any atom is 0.163 e. The number of hydrogen-bond donors (Lipinski definition) is 1. The van der Waals surface area contributed by atoms with Gasteiger partial charge in [0.05, 0.1) is 14.2 Å². The van der Waals surface area contributed by atoms with Crippen molar-refractivity contribution in [2.45, 2.75) is 6.61 Å². The van der Waals surface area contributed by atoms with Crippen LogP contribution in [0.4, 0.5) is 5.69 Å². The average Bonchev–Trinajstić information content (AvgIpc) is 2.46. The van der Waals surface area contributed by atoms with E-state index in [4.69, 9.17) is 19.9 Å². The van der Waals surface area contributed by atoms with Gasteiger partial charge < -0.3 is 19.9 Å². The number of rotatable bonds is 5. The van der Waals surface area contributed by atoms with Gasteiger partial charge in [-0.15, -0.1) is 0 Å². The van der Waals surface area contributed by atoms with Crippen LogP contribution < -0.4 is 19.9 Å². The van der Waals surface area contributed by atoms with Crippen molar-refractivity contribution in [3.63, 3.8) is 0 Å². The fraction of sp³-hybridized carbons (Fsp3) is 0.200. The molecule has 0 heterocycles. The summed E-state index contributed by atoms with van der Waals surface area (Å²) in [5.41, 5.74) is 7.43. The largest absolute Gasteiger partial charge is 0.497 e. The van der Waals surface area contributed by atoms with Gasteiger partial charge in [0.2, 0.25) is 0 Å². The SMILES string of the molecule is COc1ccc(COc2cc(N)ccc2OC)cc1. The van der Waals surface area contributed by atoms with Gasteiger partial charge in [-0.2, -0.15) is 0 Å². The number of nitrogens with two attached hydrogens (primary N) is 1. The molecule has 0 aliphatic rings. The molecule has 2 rings (SSSR count). The minimum Gasteiger partial charge on any atom is -0.497 e. The molecule has 2 aromatic carbocycles. The highest BCUT2D eigenvalue weighted by Crippen LogP contribution is 2.29. The number of benzene rings is 2. The molecule has 2 N–H and O–H groups in total. The van der Waals surface area contributed by atoms with Crippen LogP contribution in [0.5, 0.6) is 17.2 Å². The standard InChI is InChI=1S/C15H17NO3/c1-17-13-6-3-11(4-7-13)10-19-15-9-12(16)5-8-14(15)18-2/h3-9H,10,16H2,1-2H3. The van der Waals surface area contributed by atoms with Gasteiger partial charge >= 0.3 is 0 Å². The van der Waals surface area contributed by atoms with E-state index >= 15 is 0 Å². The van der Waals surface area contributed by atoms with Crippen LogP contribution in [0, 0.1) is 0 Å². The van der Waals surface area contributed by atoms with Crippen molar-refractivity contribution in [1.82, 2.24) is 0 Å². The molecule has 0 fully saturated rings. The molecule has 0 saturated heterocycles. The molecule has 4 heteroatoms. The molecule has 0 amide bonds. The van der Waals surface area contributed by atoms with E-state index in [9.17, 15) is 0 Å². The second-order valence-corrected chi connectivity index (χ2v) is 4.05. The lowest BCUT2D eigenvalue weighted by Gasteiger charge is -2.11. The first-order chi connectivity index (χ1) is 9.22. The summed E-state index contributed by atoms with van der Waals surface area (Å²) in [4.78, 5) is 0. The van der Waals surface area contributed by atoms with Crippen molar-refractivity contribution >= 4 is 5.69 Å². The number of methoxy groups -OCH3 is 2. The predicted octanol–water partition coefficient (Wildman–Crippen LogP) is 2.87. The van der Waals surface area contributed by atoms with Gasteiger partial charge in [-0.05, 0) is 29.8 Å². The monoisotopic (exact) mass is 259 g/mol.